The van der Waals surface area contributed by atoms with Crippen molar-refractivity contribution >= 4 is 0 Å². The summed E-state index contributed by atoms with van der Waals surface area (Å²) in [6.45, 7) is 0.710. The van der Waals surface area contributed by atoms with Gasteiger partial charge in [-0.15, -0.1) is 0 Å². The minimum Gasteiger partial charge on any atom is -0.381 e. The largest absolute Gasteiger partial charge is 0.381 e. The van der Waals surface area contributed by atoms with E-state index in [0.717, 1.165) is 31.3 Å². The summed E-state index contributed by atoms with van der Waals surface area (Å²) in [5.74, 6) is 0. The van der Waals surface area contributed by atoms with Gasteiger partial charge in [0.05, 0.1) is 6.61 Å². The van der Waals surface area contributed by atoms with E-state index in [1.54, 1.807) is 7.11 Å². The molecule has 0 saturated carbocycles. The fourth-order valence-electron chi connectivity index (χ4n) is 2.18. The molecule has 0 fully saturated rings. The van der Waals surface area contributed by atoms with Gasteiger partial charge in [-0.25, -0.2) is 4.39 Å². The number of rotatable bonds is 6. The Balaban J connectivity index is 2.64. The predicted molar refractivity (Wildman–Crippen MR) is 60.6 cm³/mol. The minimum atomic E-state index is -1.27. The van der Waals surface area contributed by atoms with E-state index in [1.165, 1.54) is 6.42 Å². The standard InChI is InChI=1S/C12H22FNO/c1-15-10-12(13,8-5-9-14)11-6-3-2-4-7-11/h6H,2-5,7-10,14H2,1H3. The molecule has 1 unspecified atom stereocenters. The first-order valence-electron chi connectivity index (χ1n) is 5.80. The predicted octanol–water partition coefficient (Wildman–Crippen LogP) is 2.58. The monoisotopic (exact) mass is 215 g/mol. The van der Waals surface area contributed by atoms with Crippen LogP contribution in [0.2, 0.25) is 0 Å². The van der Waals surface area contributed by atoms with Crippen molar-refractivity contribution in [1.82, 2.24) is 0 Å². The summed E-state index contributed by atoms with van der Waals surface area (Å²) in [5, 5.41) is 0. The van der Waals surface area contributed by atoms with Crippen LogP contribution in [0, 0.1) is 0 Å². The summed E-state index contributed by atoms with van der Waals surface area (Å²) in [4.78, 5) is 0. The summed E-state index contributed by atoms with van der Waals surface area (Å²) < 4.78 is 19.6. The van der Waals surface area contributed by atoms with Gasteiger partial charge in [-0.1, -0.05) is 6.08 Å². The van der Waals surface area contributed by atoms with Crippen molar-refractivity contribution in [2.24, 2.45) is 5.73 Å². The van der Waals surface area contributed by atoms with Crippen LogP contribution in [0.3, 0.4) is 0 Å². The fourth-order valence-corrected chi connectivity index (χ4v) is 2.18. The van der Waals surface area contributed by atoms with Gasteiger partial charge < -0.3 is 10.5 Å². The van der Waals surface area contributed by atoms with Crippen molar-refractivity contribution < 1.29 is 9.13 Å². The Labute approximate surface area is 91.7 Å². The van der Waals surface area contributed by atoms with Crippen molar-refractivity contribution in [3.8, 4) is 0 Å². The third-order valence-electron chi connectivity index (χ3n) is 3.02. The summed E-state index contributed by atoms with van der Waals surface area (Å²) in [7, 11) is 1.56. The molecule has 1 aliphatic carbocycles. The molecular weight excluding hydrogens is 193 g/mol. The van der Waals surface area contributed by atoms with Gasteiger partial charge in [-0.3, -0.25) is 0 Å². The van der Waals surface area contributed by atoms with E-state index in [0.29, 0.717) is 13.0 Å². The van der Waals surface area contributed by atoms with Crippen LogP contribution in [0.25, 0.3) is 0 Å². The SMILES string of the molecule is COCC(F)(CCCN)C1=CCCCC1. The first kappa shape index (κ1) is 12.7. The molecule has 3 heteroatoms. The van der Waals surface area contributed by atoms with E-state index < -0.39 is 5.67 Å². The smallest absolute Gasteiger partial charge is 0.155 e. The molecule has 88 valence electrons. The Bertz CT molecular complexity index is 218. The van der Waals surface area contributed by atoms with Gasteiger partial charge in [0.25, 0.3) is 0 Å². The lowest BCUT2D eigenvalue weighted by Crippen LogP contribution is -2.33. The highest BCUT2D eigenvalue weighted by molar-refractivity contribution is 5.19. The fraction of sp³-hybridized carbons (Fsp3) is 0.833. The van der Waals surface area contributed by atoms with Crippen molar-refractivity contribution in [1.29, 1.82) is 0 Å². The maximum Gasteiger partial charge on any atom is 0.155 e. The summed E-state index contributed by atoms with van der Waals surface area (Å²) in [5.41, 5.74) is 5.10. The Morgan fingerprint density at radius 3 is 2.87 bits per heavy atom. The molecule has 0 spiro atoms. The van der Waals surface area contributed by atoms with Crippen molar-refractivity contribution in [2.75, 3.05) is 20.3 Å². The quantitative estimate of drug-likeness (QED) is 0.691. The number of alkyl halides is 1. The first-order chi connectivity index (χ1) is 7.23. The maximum absolute atomic E-state index is 14.6. The highest BCUT2D eigenvalue weighted by Gasteiger charge is 2.33. The second-order valence-electron chi connectivity index (χ2n) is 4.27. The summed E-state index contributed by atoms with van der Waals surface area (Å²) in [6, 6.07) is 0. The first-order valence-corrected chi connectivity index (χ1v) is 5.80. The lowest BCUT2D eigenvalue weighted by molar-refractivity contribution is 0.0564. The molecule has 0 amide bonds. The molecular formula is C12H22FNO. The van der Waals surface area contributed by atoms with Gasteiger partial charge >= 0.3 is 0 Å². The molecule has 2 N–H and O–H groups in total. The third-order valence-corrected chi connectivity index (χ3v) is 3.02. The number of halogens is 1. The molecule has 0 aromatic rings. The molecule has 0 aromatic carbocycles. The summed E-state index contributed by atoms with van der Waals surface area (Å²) in [6.07, 6.45) is 7.43. The average molecular weight is 215 g/mol. The maximum atomic E-state index is 14.6. The molecule has 0 radical (unpaired) electrons. The average Bonchev–Trinajstić information content (AvgIpc) is 2.28. The van der Waals surface area contributed by atoms with E-state index in [9.17, 15) is 4.39 Å². The lowest BCUT2D eigenvalue weighted by Gasteiger charge is -2.29. The molecule has 0 aliphatic heterocycles. The molecule has 1 atom stereocenters. The Morgan fingerprint density at radius 2 is 2.33 bits per heavy atom. The Kier molecular flexibility index (Phi) is 5.26. The zero-order chi connectivity index (χ0) is 11.1. The van der Waals surface area contributed by atoms with Crippen LogP contribution >= 0.6 is 0 Å². The molecule has 1 rings (SSSR count). The molecule has 0 aromatic heterocycles. The number of hydrogen-bond acceptors (Lipinski definition) is 2. The minimum absolute atomic E-state index is 0.166. The van der Waals surface area contributed by atoms with Gasteiger partial charge in [-0.05, 0) is 50.6 Å². The van der Waals surface area contributed by atoms with Gasteiger partial charge in [0.2, 0.25) is 0 Å². The number of hydrogen-bond donors (Lipinski definition) is 1. The van der Waals surface area contributed by atoms with Crippen LogP contribution < -0.4 is 5.73 Å². The second-order valence-corrected chi connectivity index (χ2v) is 4.27. The van der Waals surface area contributed by atoms with Crippen LogP contribution in [-0.2, 0) is 4.74 Å². The normalized spacial score (nSPS) is 20.9. The van der Waals surface area contributed by atoms with E-state index in [-0.39, 0.29) is 6.61 Å². The van der Waals surface area contributed by atoms with E-state index >= 15 is 0 Å². The molecule has 2 nitrogen and oxygen atoms in total. The second kappa shape index (κ2) is 6.23. The molecule has 15 heavy (non-hydrogen) atoms. The van der Waals surface area contributed by atoms with Crippen LogP contribution in [-0.4, -0.2) is 25.9 Å². The van der Waals surface area contributed by atoms with E-state index in [1.807, 2.05) is 0 Å². The van der Waals surface area contributed by atoms with E-state index in [2.05, 4.69) is 6.08 Å². The third kappa shape index (κ3) is 3.58. The number of nitrogens with two attached hydrogens (primary N) is 1. The molecule has 1 aliphatic rings. The molecule has 0 heterocycles. The number of ether oxygens (including phenoxy) is 1. The van der Waals surface area contributed by atoms with Crippen molar-refractivity contribution in [2.45, 2.75) is 44.2 Å². The lowest BCUT2D eigenvalue weighted by atomic mass is 9.84. The highest BCUT2D eigenvalue weighted by Crippen LogP contribution is 2.34. The molecule has 0 saturated heterocycles. The van der Waals surface area contributed by atoms with Crippen LogP contribution in [0.5, 0.6) is 0 Å². The number of allylic oxidation sites excluding steroid dienone is 1. The van der Waals surface area contributed by atoms with Gasteiger partial charge in [0.15, 0.2) is 5.67 Å². The number of methoxy groups -OCH3 is 1. The van der Waals surface area contributed by atoms with Crippen molar-refractivity contribution in [3.63, 3.8) is 0 Å². The van der Waals surface area contributed by atoms with Gasteiger partial charge in [0, 0.05) is 7.11 Å². The van der Waals surface area contributed by atoms with Crippen LogP contribution in [0.15, 0.2) is 11.6 Å². The topological polar surface area (TPSA) is 35.2 Å². The van der Waals surface area contributed by atoms with Gasteiger partial charge in [0.1, 0.15) is 0 Å². The van der Waals surface area contributed by atoms with Crippen LogP contribution in [0.1, 0.15) is 38.5 Å². The van der Waals surface area contributed by atoms with Crippen LogP contribution in [0.4, 0.5) is 4.39 Å². The zero-order valence-electron chi connectivity index (χ0n) is 9.60. The Hall–Kier alpha value is -0.410. The zero-order valence-corrected chi connectivity index (χ0v) is 9.60. The molecule has 0 bridgehead atoms. The Morgan fingerprint density at radius 1 is 1.53 bits per heavy atom. The summed E-state index contributed by atoms with van der Waals surface area (Å²) >= 11 is 0. The van der Waals surface area contributed by atoms with E-state index in [4.69, 9.17) is 10.5 Å². The van der Waals surface area contributed by atoms with Gasteiger partial charge in [-0.2, -0.15) is 0 Å². The highest BCUT2D eigenvalue weighted by atomic mass is 19.1. The van der Waals surface area contributed by atoms with Crippen molar-refractivity contribution in [3.05, 3.63) is 11.6 Å².